The number of nitrogens with zero attached hydrogens (tertiary/aromatic N) is 2. The summed E-state index contributed by atoms with van der Waals surface area (Å²) in [5.41, 5.74) is 1.00. The van der Waals surface area contributed by atoms with Gasteiger partial charge in [0, 0.05) is 12.1 Å². The van der Waals surface area contributed by atoms with Gasteiger partial charge in [0.15, 0.2) is 5.76 Å². The van der Waals surface area contributed by atoms with Crippen LogP contribution in [0.15, 0.2) is 40.9 Å². The number of benzene rings is 1. The quantitative estimate of drug-likeness (QED) is 0.757. The lowest BCUT2D eigenvalue weighted by molar-refractivity contribution is -0.140. The average Bonchev–Trinajstić information content (AvgIpc) is 2.94. The Morgan fingerprint density at radius 2 is 2.10 bits per heavy atom. The maximum Gasteiger partial charge on any atom is 0.306 e. The zero-order chi connectivity index (χ0) is 14.4. The molecule has 0 aliphatic heterocycles. The lowest BCUT2D eigenvalue weighted by Gasteiger charge is -2.13. The van der Waals surface area contributed by atoms with E-state index in [1.54, 1.807) is 6.20 Å². The van der Waals surface area contributed by atoms with Crippen LogP contribution in [-0.4, -0.2) is 36.6 Å². The highest BCUT2D eigenvalue weighted by Gasteiger charge is 2.10. The molecule has 20 heavy (non-hydrogen) atoms. The van der Waals surface area contributed by atoms with E-state index >= 15 is 0 Å². The fourth-order valence-corrected chi connectivity index (χ4v) is 1.81. The predicted octanol–water partition coefficient (Wildman–Crippen LogP) is 2.34. The molecular weight excluding hydrogens is 256 g/mol. The summed E-state index contributed by atoms with van der Waals surface area (Å²) in [6.07, 6.45) is 2.08. The number of methoxy groups -OCH3 is 1. The van der Waals surface area contributed by atoms with Crippen molar-refractivity contribution in [3.63, 3.8) is 0 Å². The third kappa shape index (κ3) is 3.93. The maximum absolute atomic E-state index is 11.1. The number of ether oxygens (including phenoxy) is 1. The minimum Gasteiger partial charge on any atom is -0.469 e. The van der Waals surface area contributed by atoms with Gasteiger partial charge in [0.2, 0.25) is 5.89 Å². The standard InChI is InChI=1S/C15H18N2O3/c1-17(9-8-15(18)19-2)11-14-16-10-13(20-14)12-6-4-3-5-7-12/h3-7,10H,8-9,11H2,1-2H3. The molecule has 0 aliphatic carbocycles. The molecule has 0 saturated carbocycles. The second-order valence-electron chi connectivity index (χ2n) is 4.55. The first-order chi connectivity index (χ1) is 9.69. The number of rotatable bonds is 6. The number of esters is 1. The van der Waals surface area contributed by atoms with Crippen molar-refractivity contribution >= 4 is 5.97 Å². The molecule has 5 heteroatoms. The highest BCUT2D eigenvalue weighted by molar-refractivity contribution is 5.69. The Labute approximate surface area is 118 Å². The van der Waals surface area contributed by atoms with Gasteiger partial charge >= 0.3 is 5.97 Å². The number of aromatic nitrogens is 1. The van der Waals surface area contributed by atoms with Crippen LogP contribution in [-0.2, 0) is 16.1 Å². The molecule has 0 bridgehead atoms. The molecule has 0 aliphatic rings. The molecule has 0 spiro atoms. The first kappa shape index (κ1) is 14.3. The van der Waals surface area contributed by atoms with Gasteiger partial charge in [-0.1, -0.05) is 30.3 Å². The molecule has 2 rings (SSSR count). The Balaban J connectivity index is 1.91. The van der Waals surface area contributed by atoms with Crippen molar-refractivity contribution in [1.29, 1.82) is 0 Å². The SMILES string of the molecule is COC(=O)CCN(C)Cc1ncc(-c2ccccc2)o1. The fraction of sp³-hybridized carbons (Fsp3) is 0.333. The van der Waals surface area contributed by atoms with Crippen molar-refractivity contribution in [2.45, 2.75) is 13.0 Å². The van der Waals surface area contributed by atoms with Crippen molar-refractivity contribution in [3.05, 3.63) is 42.4 Å². The number of carbonyl (C=O) groups excluding carboxylic acids is 1. The molecule has 106 valence electrons. The van der Waals surface area contributed by atoms with E-state index in [1.165, 1.54) is 7.11 Å². The van der Waals surface area contributed by atoms with Gasteiger partial charge < -0.3 is 9.15 Å². The van der Waals surface area contributed by atoms with Crippen LogP contribution in [0.25, 0.3) is 11.3 Å². The van der Waals surface area contributed by atoms with Gasteiger partial charge in [-0.3, -0.25) is 9.69 Å². The zero-order valence-electron chi connectivity index (χ0n) is 11.7. The fourth-order valence-electron chi connectivity index (χ4n) is 1.81. The molecule has 0 amide bonds. The van der Waals surface area contributed by atoms with E-state index in [9.17, 15) is 4.79 Å². The minimum absolute atomic E-state index is 0.214. The summed E-state index contributed by atoms with van der Waals surface area (Å²) in [4.78, 5) is 17.3. The summed E-state index contributed by atoms with van der Waals surface area (Å²) in [7, 11) is 3.30. The van der Waals surface area contributed by atoms with E-state index in [-0.39, 0.29) is 5.97 Å². The van der Waals surface area contributed by atoms with Crippen molar-refractivity contribution in [1.82, 2.24) is 9.88 Å². The Hall–Kier alpha value is -2.14. The molecule has 0 atom stereocenters. The summed E-state index contributed by atoms with van der Waals surface area (Å²) in [5, 5.41) is 0. The largest absolute Gasteiger partial charge is 0.469 e. The summed E-state index contributed by atoms with van der Waals surface area (Å²) in [5.74, 6) is 1.17. The monoisotopic (exact) mass is 274 g/mol. The Morgan fingerprint density at radius 1 is 1.35 bits per heavy atom. The molecule has 0 radical (unpaired) electrons. The third-order valence-electron chi connectivity index (χ3n) is 2.94. The van der Waals surface area contributed by atoms with Gasteiger partial charge in [-0.2, -0.15) is 0 Å². The lowest BCUT2D eigenvalue weighted by Crippen LogP contribution is -2.22. The Morgan fingerprint density at radius 3 is 2.80 bits per heavy atom. The molecule has 0 fully saturated rings. The van der Waals surface area contributed by atoms with Gasteiger partial charge in [0.1, 0.15) is 0 Å². The molecule has 0 unspecified atom stereocenters. The van der Waals surface area contributed by atoms with E-state index in [0.717, 1.165) is 11.3 Å². The number of hydrogen-bond acceptors (Lipinski definition) is 5. The number of hydrogen-bond donors (Lipinski definition) is 0. The smallest absolute Gasteiger partial charge is 0.306 e. The third-order valence-corrected chi connectivity index (χ3v) is 2.94. The van der Waals surface area contributed by atoms with Crippen molar-refractivity contribution in [2.75, 3.05) is 20.7 Å². The molecule has 1 aromatic carbocycles. The minimum atomic E-state index is -0.214. The van der Waals surface area contributed by atoms with E-state index in [2.05, 4.69) is 9.72 Å². The molecular formula is C15H18N2O3. The zero-order valence-corrected chi connectivity index (χ0v) is 11.7. The first-order valence-electron chi connectivity index (χ1n) is 6.44. The summed E-state index contributed by atoms with van der Waals surface area (Å²) in [6.45, 7) is 1.17. The molecule has 0 saturated heterocycles. The van der Waals surface area contributed by atoms with Gasteiger partial charge in [0.05, 0.1) is 26.3 Å². The van der Waals surface area contributed by atoms with Gasteiger partial charge in [-0.05, 0) is 7.05 Å². The van der Waals surface area contributed by atoms with Crippen molar-refractivity contribution in [3.8, 4) is 11.3 Å². The van der Waals surface area contributed by atoms with E-state index in [0.29, 0.717) is 25.4 Å². The summed E-state index contributed by atoms with van der Waals surface area (Å²) in [6, 6.07) is 9.83. The van der Waals surface area contributed by atoms with Gasteiger partial charge in [0.25, 0.3) is 0 Å². The molecule has 5 nitrogen and oxygen atoms in total. The predicted molar refractivity (Wildman–Crippen MR) is 74.9 cm³/mol. The van der Waals surface area contributed by atoms with Crippen LogP contribution < -0.4 is 0 Å². The second kappa shape index (κ2) is 6.86. The van der Waals surface area contributed by atoms with E-state index in [1.807, 2.05) is 42.3 Å². The Kier molecular flexibility index (Phi) is 4.90. The highest BCUT2D eigenvalue weighted by atomic mass is 16.5. The van der Waals surface area contributed by atoms with Crippen LogP contribution in [0.3, 0.4) is 0 Å². The normalized spacial score (nSPS) is 10.8. The molecule has 1 heterocycles. The van der Waals surface area contributed by atoms with E-state index in [4.69, 9.17) is 4.42 Å². The highest BCUT2D eigenvalue weighted by Crippen LogP contribution is 2.20. The van der Waals surface area contributed by atoms with Crippen LogP contribution in [0.2, 0.25) is 0 Å². The van der Waals surface area contributed by atoms with Crippen LogP contribution in [0.4, 0.5) is 0 Å². The molecule has 1 aromatic heterocycles. The average molecular weight is 274 g/mol. The summed E-state index contributed by atoms with van der Waals surface area (Å²) < 4.78 is 10.3. The van der Waals surface area contributed by atoms with Crippen LogP contribution in [0.5, 0.6) is 0 Å². The van der Waals surface area contributed by atoms with E-state index < -0.39 is 0 Å². The van der Waals surface area contributed by atoms with Crippen LogP contribution >= 0.6 is 0 Å². The van der Waals surface area contributed by atoms with Crippen molar-refractivity contribution < 1.29 is 13.9 Å². The first-order valence-corrected chi connectivity index (χ1v) is 6.44. The van der Waals surface area contributed by atoms with Crippen LogP contribution in [0.1, 0.15) is 12.3 Å². The summed E-state index contributed by atoms with van der Waals surface area (Å²) >= 11 is 0. The lowest BCUT2D eigenvalue weighted by atomic mass is 10.2. The molecule has 0 N–H and O–H groups in total. The topological polar surface area (TPSA) is 55.6 Å². The maximum atomic E-state index is 11.1. The Bertz CT molecular complexity index is 551. The number of oxazole rings is 1. The molecule has 2 aromatic rings. The second-order valence-corrected chi connectivity index (χ2v) is 4.55. The number of carbonyl (C=O) groups is 1. The van der Waals surface area contributed by atoms with Gasteiger partial charge in [-0.25, -0.2) is 4.98 Å². The van der Waals surface area contributed by atoms with Gasteiger partial charge in [-0.15, -0.1) is 0 Å². The van der Waals surface area contributed by atoms with Crippen LogP contribution in [0, 0.1) is 0 Å². The van der Waals surface area contributed by atoms with Crippen molar-refractivity contribution in [2.24, 2.45) is 0 Å².